The summed E-state index contributed by atoms with van der Waals surface area (Å²) in [6.45, 7) is 1.97. The molecule has 0 radical (unpaired) electrons. The monoisotopic (exact) mass is 360 g/mol. The van der Waals surface area contributed by atoms with Gasteiger partial charge in [0.2, 0.25) is 10.0 Å². The van der Waals surface area contributed by atoms with Crippen LogP contribution < -0.4 is 10.5 Å². The molecule has 0 saturated carbocycles. The summed E-state index contributed by atoms with van der Waals surface area (Å²) in [6.07, 6.45) is 3.09. The molecule has 0 bridgehead atoms. The molecule has 9 heteroatoms. The minimum Gasteiger partial charge on any atom is -0.452 e. The van der Waals surface area contributed by atoms with E-state index < -0.39 is 10.0 Å². The normalized spacial score (nSPS) is 11.8. The number of aryl methyl sites for hydroxylation is 1. The lowest BCUT2D eigenvalue weighted by molar-refractivity contribution is 0.483. The first-order chi connectivity index (χ1) is 9.42. The summed E-state index contributed by atoms with van der Waals surface area (Å²) in [5, 5.41) is 0. The second kappa shape index (κ2) is 6.00. The van der Waals surface area contributed by atoms with Gasteiger partial charge in [0.15, 0.2) is 4.67 Å². The molecule has 0 atom stereocenters. The van der Waals surface area contributed by atoms with E-state index >= 15 is 0 Å². The van der Waals surface area contributed by atoms with Crippen LogP contribution in [0.4, 0.5) is 0 Å². The lowest BCUT2D eigenvalue weighted by Crippen LogP contribution is -2.23. The van der Waals surface area contributed by atoms with Crippen molar-refractivity contribution in [1.82, 2.24) is 14.7 Å². The van der Waals surface area contributed by atoms with Crippen molar-refractivity contribution < 1.29 is 12.8 Å². The van der Waals surface area contributed by atoms with Crippen LogP contribution in [0.15, 0.2) is 32.4 Å². The molecule has 0 saturated heterocycles. The van der Waals surface area contributed by atoms with Crippen molar-refractivity contribution in [2.24, 2.45) is 5.73 Å². The van der Waals surface area contributed by atoms with Crippen LogP contribution in [-0.2, 0) is 23.1 Å². The molecule has 0 fully saturated rings. The molecule has 0 unspecified atom stereocenters. The summed E-state index contributed by atoms with van der Waals surface area (Å²) in [4.78, 5) is 8.13. The highest BCUT2D eigenvalue weighted by Crippen LogP contribution is 2.25. The molecule has 2 heterocycles. The Morgan fingerprint density at radius 2 is 2.15 bits per heavy atom. The van der Waals surface area contributed by atoms with E-state index in [0.29, 0.717) is 11.5 Å². The first kappa shape index (κ1) is 15.1. The van der Waals surface area contributed by atoms with E-state index in [4.69, 9.17) is 10.2 Å². The summed E-state index contributed by atoms with van der Waals surface area (Å²) in [5.41, 5.74) is 6.70. The molecule has 2 aromatic rings. The maximum Gasteiger partial charge on any atom is 0.245 e. The number of nitrogens with one attached hydrogen (secondary N) is 1. The Hall–Kier alpha value is -1.29. The van der Waals surface area contributed by atoms with Crippen molar-refractivity contribution in [3.8, 4) is 0 Å². The molecule has 0 spiro atoms. The molecule has 0 aliphatic carbocycles. The third-order valence-electron chi connectivity index (χ3n) is 2.47. The first-order valence-electron chi connectivity index (χ1n) is 5.68. The summed E-state index contributed by atoms with van der Waals surface area (Å²) in [5.74, 6) is 0.382. The summed E-state index contributed by atoms with van der Waals surface area (Å²) < 4.78 is 32.0. The first-order valence-corrected chi connectivity index (χ1v) is 7.95. The zero-order valence-electron chi connectivity index (χ0n) is 10.6. The fourth-order valence-corrected chi connectivity index (χ4v) is 3.43. The molecule has 0 amide bonds. The maximum absolute atomic E-state index is 12.1. The molecule has 7 nitrogen and oxygen atoms in total. The van der Waals surface area contributed by atoms with E-state index in [9.17, 15) is 8.42 Å². The third kappa shape index (κ3) is 3.42. The molecular formula is C11H13BrN4O3S. The predicted octanol–water partition coefficient (Wildman–Crippen LogP) is 1.08. The van der Waals surface area contributed by atoms with E-state index in [0.717, 1.165) is 5.69 Å². The van der Waals surface area contributed by atoms with Gasteiger partial charge in [0.05, 0.1) is 30.7 Å². The van der Waals surface area contributed by atoms with Crippen LogP contribution in [0.2, 0.25) is 0 Å². The van der Waals surface area contributed by atoms with E-state index in [-0.39, 0.29) is 22.7 Å². The average Bonchev–Trinajstić information content (AvgIpc) is 2.80. The zero-order chi connectivity index (χ0) is 14.8. The van der Waals surface area contributed by atoms with Crippen LogP contribution in [0.5, 0.6) is 0 Å². The molecule has 3 N–H and O–H groups in total. The second-order valence-corrected chi connectivity index (χ2v) is 6.48. The third-order valence-corrected chi connectivity index (χ3v) is 4.73. The van der Waals surface area contributed by atoms with Gasteiger partial charge in [-0.3, -0.25) is 9.97 Å². The van der Waals surface area contributed by atoms with Crippen molar-refractivity contribution in [3.63, 3.8) is 0 Å². The van der Waals surface area contributed by atoms with Gasteiger partial charge in [0, 0.05) is 12.3 Å². The molecular weight excluding hydrogens is 348 g/mol. The molecule has 0 aliphatic rings. The van der Waals surface area contributed by atoms with Gasteiger partial charge in [-0.1, -0.05) is 0 Å². The number of hydrogen-bond donors (Lipinski definition) is 2. The van der Waals surface area contributed by atoms with Crippen LogP contribution in [0.1, 0.15) is 17.1 Å². The van der Waals surface area contributed by atoms with Crippen LogP contribution in [-0.4, -0.2) is 18.4 Å². The average molecular weight is 361 g/mol. The van der Waals surface area contributed by atoms with Crippen molar-refractivity contribution in [3.05, 3.63) is 40.3 Å². The van der Waals surface area contributed by atoms with E-state index in [1.54, 1.807) is 13.1 Å². The number of halogens is 1. The second-order valence-electron chi connectivity index (χ2n) is 4.03. The van der Waals surface area contributed by atoms with E-state index in [1.165, 1.54) is 12.3 Å². The van der Waals surface area contributed by atoms with Gasteiger partial charge in [-0.05, 0) is 22.9 Å². The molecule has 2 rings (SSSR count). The van der Waals surface area contributed by atoms with Gasteiger partial charge in [0.1, 0.15) is 10.7 Å². The SMILES string of the molecule is Cc1cnc(CNS(=O)(=O)c2cc(CN)oc2Br)cn1. The number of rotatable bonds is 5. The Balaban J connectivity index is 2.14. The smallest absolute Gasteiger partial charge is 0.245 e. The van der Waals surface area contributed by atoms with Gasteiger partial charge in [-0.25, -0.2) is 13.1 Å². The van der Waals surface area contributed by atoms with Crippen molar-refractivity contribution in [1.29, 1.82) is 0 Å². The Morgan fingerprint density at radius 1 is 1.40 bits per heavy atom. The van der Waals surface area contributed by atoms with Gasteiger partial charge in [-0.15, -0.1) is 0 Å². The van der Waals surface area contributed by atoms with Crippen LogP contribution in [0.25, 0.3) is 0 Å². The molecule has 0 aromatic carbocycles. The minimum absolute atomic E-state index is 0.0121. The standard InChI is InChI=1S/C11H13BrN4O3S/c1-7-4-15-8(5-14-7)6-16-20(17,18)10-2-9(3-13)19-11(10)12/h2,4-5,16H,3,6,13H2,1H3. The van der Waals surface area contributed by atoms with Gasteiger partial charge < -0.3 is 10.2 Å². The number of furan rings is 1. The van der Waals surface area contributed by atoms with E-state index in [1.807, 2.05) is 0 Å². The minimum atomic E-state index is -3.70. The number of nitrogens with zero attached hydrogens (tertiary/aromatic N) is 2. The number of nitrogens with two attached hydrogens (primary N) is 1. The van der Waals surface area contributed by atoms with Crippen LogP contribution in [0.3, 0.4) is 0 Å². The van der Waals surface area contributed by atoms with Gasteiger partial charge in [0.25, 0.3) is 0 Å². The Morgan fingerprint density at radius 3 is 2.70 bits per heavy atom. The van der Waals surface area contributed by atoms with Gasteiger partial charge in [-0.2, -0.15) is 0 Å². The largest absolute Gasteiger partial charge is 0.452 e. The maximum atomic E-state index is 12.1. The molecule has 0 aliphatic heterocycles. The molecule has 20 heavy (non-hydrogen) atoms. The summed E-state index contributed by atoms with van der Waals surface area (Å²) in [7, 11) is -3.70. The number of hydrogen-bond acceptors (Lipinski definition) is 6. The lowest BCUT2D eigenvalue weighted by Gasteiger charge is -2.04. The van der Waals surface area contributed by atoms with Crippen molar-refractivity contribution in [2.75, 3.05) is 0 Å². The van der Waals surface area contributed by atoms with Gasteiger partial charge >= 0.3 is 0 Å². The van der Waals surface area contributed by atoms with Crippen LogP contribution in [0, 0.1) is 6.92 Å². The van der Waals surface area contributed by atoms with Crippen LogP contribution >= 0.6 is 15.9 Å². The van der Waals surface area contributed by atoms with Crippen molar-refractivity contribution in [2.45, 2.75) is 24.9 Å². The summed E-state index contributed by atoms with van der Waals surface area (Å²) in [6, 6.07) is 1.38. The lowest BCUT2D eigenvalue weighted by atomic mass is 10.4. The highest BCUT2D eigenvalue weighted by molar-refractivity contribution is 9.10. The molecule has 2 aromatic heterocycles. The zero-order valence-corrected chi connectivity index (χ0v) is 13.0. The topological polar surface area (TPSA) is 111 Å². The Kier molecular flexibility index (Phi) is 4.53. The number of aromatic nitrogens is 2. The Bertz CT molecular complexity index is 697. The van der Waals surface area contributed by atoms with E-state index in [2.05, 4.69) is 30.6 Å². The highest BCUT2D eigenvalue weighted by atomic mass is 79.9. The highest BCUT2D eigenvalue weighted by Gasteiger charge is 2.22. The van der Waals surface area contributed by atoms with Crippen molar-refractivity contribution >= 4 is 26.0 Å². The Labute approximate surface area is 124 Å². The molecule has 108 valence electrons. The quantitative estimate of drug-likeness (QED) is 0.824. The fourth-order valence-electron chi connectivity index (χ4n) is 1.44. The number of sulfonamides is 1. The predicted molar refractivity (Wildman–Crippen MR) is 75.1 cm³/mol. The fraction of sp³-hybridized carbons (Fsp3) is 0.273. The summed E-state index contributed by atoms with van der Waals surface area (Å²) >= 11 is 3.06.